The van der Waals surface area contributed by atoms with E-state index in [1.165, 1.54) is 0 Å². The maximum absolute atomic E-state index is 13.5. The molecule has 0 aliphatic carbocycles. The molecule has 0 unspecified atom stereocenters. The number of phenolic OH excluding ortho intramolecular Hbond substituents is 1. The van der Waals surface area contributed by atoms with Crippen LogP contribution in [0, 0.1) is 0 Å². The van der Waals surface area contributed by atoms with Crippen molar-refractivity contribution in [2.75, 3.05) is 0 Å². The van der Waals surface area contributed by atoms with Gasteiger partial charge in [0, 0.05) is 17.4 Å². The lowest BCUT2D eigenvalue weighted by Crippen LogP contribution is -2.58. The predicted molar refractivity (Wildman–Crippen MR) is 129 cm³/mol. The van der Waals surface area contributed by atoms with Gasteiger partial charge in [0.15, 0.2) is 0 Å². The lowest BCUT2D eigenvalue weighted by Gasteiger charge is -2.35. The van der Waals surface area contributed by atoms with Crippen LogP contribution in [-0.4, -0.2) is 68.7 Å². The van der Waals surface area contributed by atoms with E-state index in [9.17, 15) is 99.5 Å². The summed E-state index contributed by atoms with van der Waals surface area (Å²) in [5.41, 5.74) is -26.4. The molecule has 22 heteroatoms. The van der Waals surface area contributed by atoms with Crippen LogP contribution < -0.4 is 0 Å². The molecule has 0 spiro atoms. The van der Waals surface area contributed by atoms with Crippen molar-refractivity contribution in [1.29, 1.82) is 0 Å². The number of rotatable bonds is 7. The second-order valence-electron chi connectivity index (χ2n) is 11.1. The molecular formula is C27H20F18O4. The average molecular weight is 750 g/mol. The first-order valence-electron chi connectivity index (χ1n) is 12.6. The normalized spacial score (nSPS) is 15.5. The maximum atomic E-state index is 13.5. The van der Waals surface area contributed by atoms with Crippen LogP contribution in [0.5, 0.6) is 5.75 Å². The highest BCUT2D eigenvalue weighted by Crippen LogP contribution is 2.54. The molecule has 4 N–H and O–H groups in total. The molecule has 2 aromatic carbocycles. The fraction of sp³-hybridized carbons (Fsp3) is 0.481. The van der Waals surface area contributed by atoms with Crippen molar-refractivity contribution in [2.24, 2.45) is 0 Å². The number of aliphatic hydroxyl groups is 3. The second-order valence-corrected chi connectivity index (χ2v) is 11.1. The molecule has 49 heavy (non-hydrogen) atoms. The Balaban J connectivity index is 2.88. The summed E-state index contributed by atoms with van der Waals surface area (Å²) in [6, 6.07) is 2.73. The van der Waals surface area contributed by atoms with E-state index in [1.54, 1.807) is 0 Å². The largest absolute Gasteiger partial charge is 0.508 e. The maximum Gasteiger partial charge on any atom is 0.430 e. The van der Waals surface area contributed by atoms with Crippen LogP contribution in [0.25, 0.3) is 5.57 Å². The van der Waals surface area contributed by atoms with Gasteiger partial charge in [-0.3, -0.25) is 0 Å². The molecule has 0 radical (unpaired) electrons. The van der Waals surface area contributed by atoms with Gasteiger partial charge in [-0.15, -0.1) is 0 Å². The molecule has 278 valence electrons. The molecule has 0 atom stereocenters. The third kappa shape index (κ3) is 7.26. The molecule has 0 saturated carbocycles. The van der Waals surface area contributed by atoms with Gasteiger partial charge < -0.3 is 20.4 Å². The van der Waals surface area contributed by atoms with Gasteiger partial charge >= 0.3 is 37.1 Å². The van der Waals surface area contributed by atoms with E-state index in [1.807, 2.05) is 0 Å². The van der Waals surface area contributed by atoms with Gasteiger partial charge in [-0.1, -0.05) is 44.2 Å². The van der Waals surface area contributed by atoms with E-state index in [2.05, 4.69) is 0 Å². The lowest BCUT2D eigenvalue weighted by molar-refractivity contribution is -0.376. The predicted octanol–water partition coefficient (Wildman–Crippen LogP) is 8.52. The van der Waals surface area contributed by atoms with E-state index in [4.69, 9.17) is 0 Å². The first-order valence-corrected chi connectivity index (χ1v) is 12.6. The molecule has 0 amide bonds. The third-order valence-corrected chi connectivity index (χ3v) is 7.54. The molecule has 2 rings (SSSR count). The Labute approximate surface area is 261 Å². The van der Waals surface area contributed by atoms with Crippen molar-refractivity contribution >= 4 is 5.57 Å². The number of hydrogen-bond donors (Lipinski definition) is 4. The number of alkyl halides is 18. The highest BCUT2D eigenvalue weighted by atomic mass is 19.4. The highest BCUT2D eigenvalue weighted by Gasteiger charge is 2.73. The van der Waals surface area contributed by atoms with Crippen LogP contribution >= 0.6 is 0 Å². The van der Waals surface area contributed by atoms with Crippen LogP contribution in [0.4, 0.5) is 79.0 Å². The summed E-state index contributed by atoms with van der Waals surface area (Å²) in [7, 11) is 0. The Morgan fingerprint density at radius 2 is 0.939 bits per heavy atom. The minimum absolute atomic E-state index is 0.0368. The van der Waals surface area contributed by atoms with Crippen LogP contribution in [0.3, 0.4) is 0 Å². The topological polar surface area (TPSA) is 80.9 Å². The van der Waals surface area contributed by atoms with Gasteiger partial charge in [-0.05, 0) is 40.5 Å². The zero-order chi connectivity index (χ0) is 38.8. The quantitative estimate of drug-likeness (QED) is 0.214. The van der Waals surface area contributed by atoms with Gasteiger partial charge in [0.05, 0.1) is 0 Å². The van der Waals surface area contributed by atoms with E-state index in [0.29, 0.717) is 18.2 Å². The monoisotopic (exact) mass is 750 g/mol. The number of phenols is 1. The molecule has 0 aliphatic rings. The van der Waals surface area contributed by atoms with Gasteiger partial charge in [0.1, 0.15) is 5.75 Å². The minimum atomic E-state index is -6.82. The third-order valence-electron chi connectivity index (χ3n) is 7.54. The molecule has 0 fully saturated rings. The summed E-state index contributed by atoms with van der Waals surface area (Å²) in [5.74, 6) is -1.72. The Morgan fingerprint density at radius 3 is 1.29 bits per heavy atom. The Bertz CT molecular complexity index is 1480. The van der Waals surface area contributed by atoms with Crippen molar-refractivity contribution in [3.05, 3.63) is 70.8 Å². The van der Waals surface area contributed by atoms with Gasteiger partial charge in [0.25, 0.3) is 16.8 Å². The van der Waals surface area contributed by atoms with Gasteiger partial charge in [-0.2, -0.15) is 79.0 Å². The van der Waals surface area contributed by atoms with Crippen molar-refractivity contribution in [2.45, 2.75) is 79.5 Å². The summed E-state index contributed by atoms with van der Waals surface area (Å²) in [6.07, 6.45) is -44.7. The van der Waals surface area contributed by atoms with E-state index >= 15 is 0 Å². The molecule has 0 saturated heterocycles. The van der Waals surface area contributed by atoms with Gasteiger partial charge in [-0.25, -0.2) is 0 Å². The molecule has 4 nitrogen and oxygen atoms in total. The van der Waals surface area contributed by atoms with Crippen LogP contribution in [0.1, 0.15) is 42.5 Å². The van der Waals surface area contributed by atoms with Crippen molar-refractivity contribution in [1.82, 2.24) is 0 Å². The molecule has 0 aliphatic heterocycles. The van der Waals surface area contributed by atoms with Crippen LogP contribution in [0.2, 0.25) is 0 Å². The number of halogens is 18. The molecule has 0 aromatic heterocycles. The smallest absolute Gasteiger partial charge is 0.430 e. The van der Waals surface area contributed by atoms with Gasteiger partial charge in [0.2, 0.25) is 0 Å². The Morgan fingerprint density at radius 1 is 0.551 bits per heavy atom. The fourth-order valence-electron chi connectivity index (χ4n) is 4.40. The highest BCUT2D eigenvalue weighted by molar-refractivity contribution is 5.69. The first kappa shape index (κ1) is 41.8. The van der Waals surface area contributed by atoms with Crippen LogP contribution in [0.15, 0.2) is 48.5 Å². The minimum Gasteiger partial charge on any atom is -0.508 e. The van der Waals surface area contributed by atoms with Crippen molar-refractivity contribution in [3.63, 3.8) is 0 Å². The first-order chi connectivity index (χ1) is 21.4. The zero-order valence-electron chi connectivity index (χ0n) is 23.9. The van der Waals surface area contributed by atoms with E-state index in [0.717, 1.165) is 13.8 Å². The summed E-state index contributed by atoms with van der Waals surface area (Å²) in [6.45, 7) is 2.01. The average Bonchev–Trinajstić information content (AvgIpc) is 2.88. The summed E-state index contributed by atoms with van der Waals surface area (Å²) >= 11 is 0. The van der Waals surface area contributed by atoms with Crippen LogP contribution in [-0.2, 0) is 11.0 Å². The molecule has 2 aromatic rings. The molecule has 0 bridgehead atoms. The second kappa shape index (κ2) is 12.1. The summed E-state index contributed by atoms with van der Waals surface area (Å²) < 4.78 is 241. The van der Waals surface area contributed by atoms with Crippen molar-refractivity contribution < 1.29 is 99.5 Å². The SMILES string of the molecule is CC(C)(c1ccc(/C(=C/C(O)(C(F)(F)F)C(F)(F)F)CC(O)(C(F)(F)F)C(F)(F)F)cc1)c1ccc(O)c(C(O)(C(F)(F)F)C(F)(F)F)c1. The van der Waals surface area contributed by atoms with E-state index < -0.39 is 99.8 Å². The van der Waals surface area contributed by atoms with E-state index in [-0.39, 0.29) is 29.8 Å². The Hall–Kier alpha value is -3.40. The molecular weight excluding hydrogens is 730 g/mol. The number of hydrogen-bond acceptors (Lipinski definition) is 4. The fourth-order valence-corrected chi connectivity index (χ4v) is 4.40. The lowest BCUT2D eigenvalue weighted by atomic mass is 9.75. The standard InChI is InChI=1S/C27H20F18O4/c1-18(2,15-7-8-17(46)16(9-15)21(49,26(40,41)42)27(43,44)45)14-5-3-12(4-6-14)13(10-19(47,22(28,29)30)23(31,32)33)11-20(48,24(34,35)36)25(37,38)39/h3-10,46-49H,11H2,1-2H3/b13-10+. The number of benzene rings is 2. The van der Waals surface area contributed by atoms with Crippen molar-refractivity contribution in [3.8, 4) is 5.75 Å². The summed E-state index contributed by atoms with van der Waals surface area (Å²) in [4.78, 5) is 0. The molecule has 0 heterocycles. The Kier molecular flexibility index (Phi) is 10.3. The zero-order valence-corrected chi connectivity index (χ0v) is 23.9. The number of aromatic hydroxyl groups is 1. The summed E-state index contributed by atoms with van der Waals surface area (Å²) in [5, 5.41) is 38.6.